The molecule has 0 heterocycles. The van der Waals surface area contributed by atoms with Crippen LogP contribution >= 0.6 is 0 Å². The minimum atomic E-state index is -3.34. The normalized spacial score (nSPS) is 17.6. The van der Waals surface area contributed by atoms with Gasteiger partial charge in [0.2, 0.25) is 0 Å². The van der Waals surface area contributed by atoms with Crippen LogP contribution in [0.15, 0.2) is 24.3 Å². The molecule has 2 aromatic rings. The van der Waals surface area contributed by atoms with Gasteiger partial charge >= 0.3 is 0 Å². The zero-order valence-electron chi connectivity index (χ0n) is 18.7. The standard InChI is InChI=1S/C15H14F3NO3/c1-20-12-4-3-9(16)15(18)8(12)7-22-14-6-11(19)10(17)5-13(14)21-2/h3-6H,7,19H2,1-2H3/i1D3,2D3,7D2. The Labute approximate surface area is 136 Å². The highest BCUT2D eigenvalue weighted by Crippen LogP contribution is 2.33. The molecule has 2 N–H and O–H groups in total. The second kappa shape index (κ2) is 6.46. The number of methoxy groups -OCH3 is 2. The van der Waals surface area contributed by atoms with Gasteiger partial charge in [-0.2, -0.15) is 0 Å². The Kier molecular flexibility index (Phi) is 2.40. The fraction of sp³-hybridized carbons (Fsp3) is 0.200. The highest BCUT2D eigenvalue weighted by molar-refractivity contribution is 5.53. The molecule has 22 heavy (non-hydrogen) atoms. The van der Waals surface area contributed by atoms with Crippen LogP contribution in [-0.2, 0) is 6.56 Å². The second-order valence-electron chi connectivity index (χ2n) is 3.96. The van der Waals surface area contributed by atoms with Crippen LogP contribution in [-0.4, -0.2) is 14.1 Å². The van der Waals surface area contributed by atoms with Crippen LogP contribution in [0, 0.1) is 17.5 Å². The molecular formula is C15H14F3NO3. The van der Waals surface area contributed by atoms with Crippen LogP contribution in [0.3, 0.4) is 0 Å². The number of nitrogens with two attached hydrogens (primary N) is 1. The summed E-state index contributed by atoms with van der Waals surface area (Å²) in [6.45, 7) is -3.34. The first-order valence-corrected chi connectivity index (χ1v) is 5.65. The molecule has 7 heteroatoms. The maximum atomic E-state index is 14.4. The molecule has 0 bridgehead atoms. The highest BCUT2D eigenvalue weighted by atomic mass is 19.2. The van der Waals surface area contributed by atoms with E-state index in [2.05, 4.69) is 9.47 Å². The van der Waals surface area contributed by atoms with Gasteiger partial charge in [-0.25, -0.2) is 13.2 Å². The van der Waals surface area contributed by atoms with E-state index in [1.165, 1.54) is 0 Å². The van der Waals surface area contributed by atoms with E-state index in [0.29, 0.717) is 24.3 Å². The Hall–Kier alpha value is -2.57. The Morgan fingerprint density at radius 3 is 2.50 bits per heavy atom. The van der Waals surface area contributed by atoms with E-state index in [4.69, 9.17) is 21.4 Å². The second-order valence-corrected chi connectivity index (χ2v) is 3.96. The molecule has 4 nitrogen and oxygen atoms in total. The average Bonchev–Trinajstić information content (AvgIpc) is 2.52. The number of ether oxygens (including phenoxy) is 3. The van der Waals surface area contributed by atoms with Crippen molar-refractivity contribution in [1.29, 1.82) is 0 Å². The lowest BCUT2D eigenvalue weighted by atomic mass is 10.2. The third-order valence-electron chi connectivity index (χ3n) is 2.60. The van der Waals surface area contributed by atoms with E-state index in [1.54, 1.807) is 0 Å². The molecular weight excluding hydrogens is 299 g/mol. The van der Waals surface area contributed by atoms with Crippen LogP contribution in [0.25, 0.3) is 0 Å². The van der Waals surface area contributed by atoms with Gasteiger partial charge < -0.3 is 19.9 Å². The largest absolute Gasteiger partial charge is 0.496 e. The van der Waals surface area contributed by atoms with Crippen molar-refractivity contribution in [3.05, 3.63) is 47.3 Å². The monoisotopic (exact) mass is 321 g/mol. The summed E-state index contributed by atoms with van der Waals surface area (Å²) in [7, 11) is -6.25. The summed E-state index contributed by atoms with van der Waals surface area (Å²) >= 11 is 0. The van der Waals surface area contributed by atoms with Gasteiger partial charge in [0.15, 0.2) is 23.1 Å². The van der Waals surface area contributed by atoms with Gasteiger partial charge in [-0.3, -0.25) is 0 Å². The molecule has 0 aliphatic carbocycles. The van der Waals surface area contributed by atoms with Gasteiger partial charge in [0.1, 0.15) is 18.1 Å². The molecule has 0 spiro atoms. The number of hydrogen-bond donors (Lipinski definition) is 1. The molecule has 0 unspecified atom stereocenters. The van der Waals surface area contributed by atoms with Gasteiger partial charge in [0, 0.05) is 12.1 Å². The van der Waals surface area contributed by atoms with Crippen LogP contribution in [0.1, 0.15) is 16.5 Å². The van der Waals surface area contributed by atoms with E-state index in [1.807, 2.05) is 0 Å². The third-order valence-corrected chi connectivity index (χ3v) is 2.60. The van der Waals surface area contributed by atoms with Crippen molar-refractivity contribution < 1.29 is 38.3 Å². The maximum absolute atomic E-state index is 14.4. The molecule has 0 aliphatic heterocycles. The quantitative estimate of drug-likeness (QED) is 0.859. The summed E-state index contributed by atoms with van der Waals surface area (Å²) in [6.07, 6.45) is 0. The molecule has 2 aromatic carbocycles. The topological polar surface area (TPSA) is 53.7 Å². The number of benzene rings is 2. The summed E-state index contributed by atoms with van der Waals surface area (Å²) in [5, 5.41) is 0. The number of rotatable bonds is 5. The van der Waals surface area contributed by atoms with Crippen molar-refractivity contribution in [3.63, 3.8) is 0 Å². The number of nitrogen functional groups attached to an aromatic ring is 1. The first-order chi connectivity index (χ1) is 13.5. The van der Waals surface area contributed by atoms with Gasteiger partial charge in [-0.15, -0.1) is 0 Å². The average molecular weight is 321 g/mol. The number of anilines is 1. The van der Waals surface area contributed by atoms with Crippen LogP contribution in [0.2, 0.25) is 0 Å². The fourth-order valence-electron chi connectivity index (χ4n) is 1.53. The zero-order chi connectivity index (χ0) is 23.1. The summed E-state index contributed by atoms with van der Waals surface area (Å²) in [5.74, 6) is -7.00. The molecule has 0 aliphatic rings. The van der Waals surface area contributed by atoms with E-state index >= 15 is 0 Å². The first kappa shape index (κ1) is 8.17. The molecule has 0 amide bonds. The highest BCUT2D eigenvalue weighted by Gasteiger charge is 2.17. The van der Waals surface area contributed by atoms with Crippen molar-refractivity contribution in [2.75, 3.05) is 19.8 Å². The van der Waals surface area contributed by atoms with E-state index < -0.39 is 66.6 Å². The lowest BCUT2D eigenvalue weighted by Gasteiger charge is -2.14. The van der Waals surface area contributed by atoms with Gasteiger partial charge in [0.05, 0.1) is 36.3 Å². The number of hydrogen-bond acceptors (Lipinski definition) is 4. The smallest absolute Gasteiger partial charge is 0.169 e. The fourth-order valence-corrected chi connectivity index (χ4v) is 1.53. The minimum absolute atomic E-state index is 0.495. The van der Waals surface area contributed by atoms with Crippen molar-refractivity contribution in [3.8, 4) is 17.2 Å². The molecule has 2 rings (SSSR count). The lowest BCUT2D eigenvalue weighted by Crippen LogP contribution is -2.05. The molecule has 0 fully saturated rings. The van der Waals surface area contributed by atoms with Gasteiger partial charge in [-0.05, 0) is 12.1 Å². The molecule has 118 valence electrons. The first-order valence-electron chi connectivity index (χ1n) is 9.65. The zero-order valence-corrected chi connectivity index (χ0v) is 10.7. The number of halogens is 3. The SMILES string of the molecule is [2H]C([2H])([2H])Oc1cc(F)c(N)cc1OC([2H])([2H])c1c(OC([2H])([2H])[2H])ccc(F)c1F. The van der Waals surface area contributed by atoms with E-state index in [-0.39, 0.29) is 0 Å². The summed E-state index contributed by atoms with van der Waals surface area (Å²) in [4.78, 5) is 0. The summed E-state index contributed by atoms with van der Waals surface area (Å²) in [6, 6.07) is 2.33. The Balaban J connectivity index is 2.59. The van der Waals surface area contributed by atoms with Gasteiger partial charge in [0.25, 0.3) is 0 Å². The molecule has 0 atom stereocenters. The van der Waals surface area contributed by atoms with Crippen molar-refractivity contribution >= 4 is 5.69 Å². The molecule has 0 saturated carbocycles. The van der Waals surface area contributed by atoms with E-state index in [9.17, 15) is 13.2 Å². The Morgan fingerprint density at radius 2 is 1.77 bits per heavy atom. The maximum Gasteiger partial charge on any atom is 0.169 e. The van der Waals surface area contributed by atoms with Crippen molar-refractivity contribution in [2.24, 2.45) is 0 Å². The minimum Gasteiger partial charge on any atom is -0.496 e. The predicted octanol–water partition coefficient (Wildman–Crippen LogP) is 3.28. The predicted molar refractivity (Wildman–Crippen MR) is 74.6 cm³/mol. The van der Waals surface area contributed by atoms with Crippen molar-refractivity contribution in [1.82, 2.24) is 0 Å². The molecule has 0 radical (unpaired) electrons. The van der Waals surface area contributed by atoms with E-state index in [0.717, 1.165) is 0 Å². The molecule has 0 aromatic heterocycles. The van der Waals surface area contributed by atoms with Crippen molar-refractivity contribution in [2.45, 2.75) is 6.56 Å². The summed E-state index contributed by atoms with van der Waals surface area (Å²) in [5.41, 5.74) is 3.50. The molecule has 0 saturated heterocycles. The van der Waals surface area contributed by atoms with Crippen LogP contribution in [0.5, 0.6) is 17.2 Å². The van der Waals surface area contributed by atoms with Crippen LogP contribution < -0.4 is 19.9 Å². The van der Waals surface area contributed by atoms with Crippen LogP contribution in [0.4, 0.5) is 18.9 Å². The lowest BCUT2D eigenvalue weighted by molar-refractivity contribution is 0.269. The third kappa shape index (κ3) is 3.03. The summed E-state index contributed by atoms with van der Waals surface area (Å²) < 4.78 is 114. The Morgan fingerprint density at radius 1 is 1.05 bits per heavy atom. The Bertz CT molecular complexity index is 950. The van der Waals surface area contributed by atoms with Gasteiger partial charge in [-0.1, -0.05) is 0 Å².